The molecule has 0 spiro atoms. The summed E-state index contributed by atoms with van der Waals surface area (Å²) in [7, 11) is 0. The van der Waals surface area contributed by atoms with Crippen LogP contribution in [0.25, 0.3) is 5.70 Å². The minimum Gasteiger partial charge on any atom is -0.473 e. The first-order chi connectivity index (χ1) is 19.0. The van der Waals surface area contributed by atoms with Crippen molar-refractivity contribution in [3.05, 3.63) is 78.0 Å². The van der Waals surface area contributed by atoms with Gasteiger partial charge in [0.2, 0.25) is 17.6 Å². The Morgan fingerprint density at radius 2 is 1.68 bits per heavy atom. The molecular formula is C31H36N4O5. The zero-order valence-corrected chi connectivity index (χ0v) is 23.6. The van der Waals surface area contributed by atoms with Crippen LogP contribution in [-0.4, -0.2) is 70.0 Å². The van der Waals surface area contributed by atoms with E-state index in [0.29, 0.717) is 11.3 Å². The zero-order valence-electron chi connectivity index (χ0n) is 23.6. The van der Waals surface area contributed by atoms with E-state index in [1.807, 2.05) is 88.4 Å². The highest BCUT2D eigenvalue weighted by atomic mass is 16.5. The molecule has 40 heavy (non-hydrogen) atoms. The lowest BCUT2D eigenvalue weighted by Gasteiger charge is -2.40. The minimum absolute atomic E-state index is 0.0119. The van der Waals surface area contributed by atoms with Crippen LogP contribution in [0.3, 0.4) is 0 Å². The monoisotopic (exact) mass is 544 g/mol. The Labute approximate surface area is 234 Å². The molecule has 0 aromatic heterocycles. The van der Waals surface area contributed by atoms with Crippen molar-refractivity contribution in [1.29, 1.82) is 0 Å². The van der Waals surface area contributed by atoms with E-state index in [1.165, 1.54) is 16.7 Å². The van der Waals surface area contributed by atoms with E-state index in [4.69, 9.17) is 4.74 Å². The quantitative estimate of drug-likeness (QED) is 0.522. The second-order valence-electron chi connectivity index (χ2n) is 11.1. The SMILES string of the molecule is CC(=O)N1C=C(c2ccccc2)N(CC(=O)N[C@@H](Cc2ccccc2)C(=O)C2=NC(C)(C)CO2)C(=O)C1C(C)C. The van der Waals surface area contributed by atoms with Gasteiger partial charge in [0.15, 0.2) is 0 Å². The number of hydrogen-bond donors (Lipinski definition) is 1. The number of amides is 3. The summed E-state index contributed by atoms with van der Waals surface area (Å²) in [5.74, 6) is -1.77. The minimum atomic E-state index is -0.943. The Morgan fingerprint density at radius 1 is 1.05 bits per heavy atom. The molecular weight excluding hydrogens is 508 g/mol. The number of ketones is 1. The average molecular weight is 545 g/mol. The maximum atomic E-state index is 13.8. The smallest absolute Gasteiger partial charge is 0.256 e. The van der Waals surface area contributed by atoms with Crippen LogP contribution in [0.1, 0.15) is 45.7 Å². The van der Waals surface area contributed by atoms with Crippen LogP contribution >= 0.6 is 0 Å². The molecule has 2 heterocycles. The fourth-order valence-corrected chi connectivity index (χ4v) is 4.88. The average Bonchev–Trinajstić information content (AvgIpc) is 3.29. The molecule has 2 aromatic carbocycles. The van der Waals surface area contributed by atoms with Gasteiger partial charge in [0.05, 0.1) is 11.2 Å². The number of carbonyl (C=O) groups excluding carboxylic acids is 4. The number of ether oxygens (including phenoxy) is 1. The van der Waals surface area contributed by atoms with E-state index >= 15 is 0 Å². The van der Waals surface area contributed by atoms with Crippen molar-refractivity contribution in [3.63, 3.8) is 0 Å². The van der Waals surface area contributed by atoms with Gasteiger partial charge in [-0.05, 0) is 30.9 Å². The van der Waals surface area contributed by atoms with Gasteiger partial charge >= 0.3 is 0 Å². The number of carbonyl (C=O) groups is 4. The molecule has 0 fully saturated rings. The van der Waals surface area contributed by atoms with Crippen LogP contribution < -0.4 is 5.32 Å². The molecule has 3 amide bonds. The number of hydrogen-bond acceptors (Lipinski definition) is 6. The van der Waals surface area contributed by atoms with Gasteiger partial charge in [-0.25, -0.2) is 4.99 Å². The summed E-state index contributed by atoms with van der Waals surface area (Å²) in [5.41, 5.74) is 1.44. The Morgan fingerprint density at radius 3 is 2.23 bits per heavy atom. The van der Waals surface area contributed by atoms with Crippen molar-refractivity contribution in [2.24, 2.45) is 10.9 Å². The highest BCUT2D eigenvalue weighted by Crippen LogP contribution is 2.30. The number of Topliss-reactive ketones (excluding diaryl/α,β-unsaturated/α-hetero) is 1. The Balaban J connectivity index is 1.63. The van der Waals surface area contributed by atoms with Crippen molar-refractivity contribution in [1.82, 2.24) is 15.1 Å². The van der Waals surface area contributed by atoms with Gasteiger partial charge in [0, 0.05) is 19.5 Å². The molecule has 2 atom stereocenters. The second-order valence-corrected chi connectivity index (χ2v) is 11.1. The van der Waals surface area contributed by atoms with Crippen molar-refractivity contribution >= 4 is 35.1 Å². The molecule has 1 N–H and O–H groups in total. The number of rotatable bonds is 9. The van der Waals surface area contributed by atoms with Gasteiger partial charge in [-0.2, -0.15) is 0 Å². The van der Waals surface area contributed by atoms with Crippen LogP contribution in [0.5, 0.6) is 0 Å². The van der Waals surface area contributed by atoms with Crippen molar-refractivity contribution < 1.29 is 23.9 Å². The fourth-order valence-electron chi connectivity index (χ4n) is 4.88. The molecule has 0 saturated carbocycles. The first-order valence-electron chi connectivity index (χ1n) is 13.4. The molecule has 0 radical (unpaired) electrons. The van der Waals surface area contributed by atoms with Gasteiger partial charge in [0.1, 0.15) is 25.2 Å². The summed E-state index contributed by atoms with van der Waals surface area (Å²) in [5, 5.41) is 2.84. The number of nitrogens with zero attached hydrogens (tertiary/aromatic N) is 3. The third-order valence-electron chi connectivity index (χ3n) is 6.85. The predicted octanol–water partition coefficient (Wildman–Crippen LogP) is 3.20. The van der Waals surface area contributed by atoms with E-state index in [0.717, 1.165) is 5.56 Å². The molecule has 9 heteroatoms. The third-order valence-corrected chi connectivity index (χ3v) is 6.85. The Bertz CT molecular complexity index is 1330. The summed E-state index contributed by atoms with van der Waals surface area (Å²) >= 11 is 0. The highest BCUT2D eigenvalue weighted by molar-refractivity contribution is 6.39. The normalized spacial score (nSPS) is 19.1. The van der Waals surface area contributed by atoms with E-state index in [-0.39, 0.29) is 43.2 Å². The molecule has 4 rings (SSSR count). The molecule has 0 bridgehead atoms. The standard InChI is InChI=1S/C31H36N4O5/c1-20(2)27-30(39)35(25(17-34(27)21(3)36)23-14-10-7-11-15-23)18-26(37)32-24(16-22-12-8-6-9-13-22)28(38)29-33-31(4,5)19-40-29/h6-15,17,20,24,27H,16,18-19H2,1-5H3,(H,32,37)/t24-,27?/m0/s1. The molecule has 0 aliphatic carbocycles. The molecule has 9 nitrogen and oxygen atoms in total. The van der Waals surface area contributed by atoms with Gasteiger partial charge in [0.25, 0.3) is 11.8 Å². The molecule has 1 unspecified atom stereocenters. The van der Waals surface area contributed by atoms with Gasteiger partial charge < -0.3 is 15.0 Å². The van der Waals surface area contributed by atoms with E-state index in [9.17, 15) is 19.2 Å². The molecule has 210 valence electrons. The summed E-state index contributed by atoms with van der Waals surface area (Å²) in [6.45, 7) is 8.81. The van der Waals surface area contributed by atoms with Crippen LogP contribution in [0.2, 0.25) is 0 Å². The fraction of sp³-hybridized carbons (Fsp3) is 0.387. The van der Waals surface area contributed by atoms with Crippen LogP contribution in [0.15, 0.2) is 71.9 Å². The summed E-state index contributed by atoms with van der Waals surface area (Å²) in [4.78, 5) is 60.5. The Kier molecular flexibility index (Phi) is 8.52. The summed E-state index contributed by atoms with van der Waals surface area (Å²) < 4.78 is 5.58. The van der Waals surface area contributed by atoms with E-state index in [1.54, 1.807) is 6.20 Å². The molecule has 0 saturated heterocycles. The second kappa shape index (κ2) is 11.9. The summed E-state index contributed by atoms with van der Waals surface area (Å²) in [6, 6.07) is 16.8. The Hall–Kier alpha value is -4.27. The lowest BCUT2D eigenvalue weighted by molar-refractivity contribution is -0.144. The number of aliphatic imine (C=N–C) groups is 1. The molecule has 2 aliphatic rings. The maximum Gasteiger partial charge on any atom is 0.256 e. The first kappa shape index (κ1) is 28.7. The van der Waals surface area contributed by atoms with Crippen molar-refractivity contribution in [2.75, 3.05) is 13.2 Å². The van der Waals surface area contributed by atoms with E-state index < -0.39 is 29.3 Å². The molecule has 2 aromatic rings. The lowest BCUT2D eigenvalue weighted by Crippen LogP contribution is -2.56. The summed E-state index contributed by atoms with van der Waals surface area (Å²) in [6.07, 6.45) is 1.86. The van der Waals surface area contributed by atoms with Crippen LogP contribution in [0.4, 0.5) is 0 Å². The third kappa shape index (κ3) is 6.47. The number of benzene rings is 2. The first-order valence-corrected chi connectivity index (χ1v) is 13.4. The van der Waals surface area contributed by atoms with Gasteiger partial charge in [-0.3, -0.25) is 24.1 Å². The topological polar surface area (TPSA) is 108 Å². The van der Waals surface area contributed by atoms with Gasteiger partial charge in [-0.15, -0.1) is 0 Å². The van der Waals surface area contributed by atoms with Crippen molar-refractivity contribution in [2.45, 2.75) is 58.7 Å². The predicted molar refractivity (Wildman–Crippen MR) is 152 cm³/mol. The van der Waals surface area contributed by atoms with E-state index in [2.05, 4.69) is 10.3 Å². The highest BCUT2D eigenvalue weighted by Gasteiger charge is 2.41. The van der Waals surface area contributed by atoms with Crippen LogP contribution in [0, 0.1) is 5.92 Å². The maximum absolute atomic E-state index is 13.8. The zero-order chi connectivity index (χ0) is 29.0. The van der Waals surface area contributed by atoms with Crippen LogP contribution in [-0.2, 0) is 30.3 Å². The van der Waals surface area contributed by atoms with Crippen molar-refractivity contribution in [3.8, 4) is 0 Å². The molecule has 2 aliphatic heterocycles. The lowest BCUT2D eigenvalue weighted by atomic mass is 9.97. The number of nitrogens with one attached hydrogen (secondary N) is 1. The largest absolute Gasteiger partial charge is 0.473 e. The van der Waals surface area contributed by atoms with Gasteiger partial charge in [-0.1, -0.05) is 74.5 Å².